The molecular formula is C18H26BrNO2. The van der Waals surface area contributed by atoms with Crippen LogP contribution in [0.1, 0.15) is 57.1 Å². The Morgan fingerprint density at radius 1 is 1.09 bits per heavy atom. The number of alkyl halides is 1. The predicted octanol–water partition coefficient (Wildman–Crippen LogP) is 4.66. The topological polar surface area (TPSA) is 46.2 Å². The van der Waals surface area contributed by atoms with Crippen LogP contribution in [0.4, 0.5) is 5.69 Å². The van der Waals surface area contributed by atoms with Crippen LogP contribution in [0.3, 0.4) is 0 Å². The Balaban J connectivity index is 2.90. The highest BCUT2D eigenvalue weighted by Gasteiger charge is 2.13. The van der Waals surface area contributed by atoms with Crippen LogP contribution in [0.5, 0.6) is 0 Å². The number of benzene rings is 1. The molecule has 0 unspecified atom stereocenters. The number of amides is 1. The molecule has 1 rings (SSSR count). The van der Waals surface area contributed by atoms with Gasteiger partial charge in [-0.3, -0.25) is 9.59 Å². The molecule has 0 heterocycles. The highest BCUT2D eigenvalue weighted by atomic mass is 79.9. The molecule has 0 fully saturated rings. The van der Waals surface area contributed by atoms with Gasteiger partial charge in [0, 0.05) is 5.69 Å². The van der Waals surface area contributed by atoms with E-state index in [0.717, 1.165) is 44.2 Å². The fourth-order valence-electron chi connectivity index (χ4n) is 2.42. The number of carbonyl (C=O) groups excluding carboxylic acids is 2. The summed E-state index contributed by atoms with van der Waals surface area (Å²) in [5.41, 5.74) is 3.42. The number of anilines is 1. The van der Waals surface area contributed by atoms with Crippen molar-refractivity contribution < 1.29 is 9.59 Å². The third-order valence-corrected chi connectivity index (χ3v) is 4.26. The van der Waals surface area contributed by atoms with E-state index in [0.29, 0.717) is 0 Å². The monoisotopic (exact) mass is 367 g/mol. The minimum Gasteiger partial charge on any atom is -0.325 e. The Morgan fingerprint density at radius 3 is 2.41 bits per heavy atom. The van der Waals surface area contributed by atoms with E-state index in [1.165, 1.54) is 11.1 Å². The standard InChI is InChI=1S/C18H26BrNO2/c1-3-5-8-14-9-7-11-17(16(14)10-6-4-2)20-18(22)12-15(21)13-19/h7,9,11H,3-6,8,10,12-13H2,1-2H3,(H,20,22). The van der Waals surface area contributed by atoms with E-state index in [9.17, 15) is 9.59 Å². The van der Waals surface area contributed by atoms with E-state index in [4.69, 9.17) is 0 Å². The van der Waals surface area contributed by atoms with Crippen LogP contribution in [-0.2, 0) is 22.4 Å². The van der Waals surface area contributed by atoms with Gasteiger partial charge in [-0.25, -0.2) is 0 Å². The number of hydrogen-bond acceptors (Lipinski definition) is 2. The van der Waals surface area contributed by atoms with Crippen molar-refractivity contribution in [3.63, 3.8) is 0 Å². The Morgan fingerprint density at radius 2 is 1.77 bits per heavy atom. The second-order valence-electron chi connectivity index (χ2n) is 5.55. The molecule has 122 valence electrons. The molecule has 0 aliphatic rings. The van der Waals surface area contributed by atoms with Crippen molar-refractivity contribution in [2.75, 3.05) is 10.6 Å². The SMILES string of the molecule is CCCCc1cccc(NC(=O)CC(=O)CBr)c1CCCC. The first kappa shape index (κ1) is 18.9. The number of aryl methyl sites for hydroxylation is 1. The highest BCUT2D eigenvalue weighted by Crippen LogP contribution is 2.24. The fourth-order valence-corrected chi connectivity index (χ4v) is 2.62. The lowest BCUT2D eigenvalue weighted by Gasteiger charge is -2.15. The minimum absolute atomic E-state index is 0.0718. The Labute approximate surface area is 142 Å². The summed E-state index contributed by atoms with van der Waals surface area (Å²) in [5, 5.41) is 3.14. The number of hydrogen-bond donors (Lipinski definition) is 1. The minimum atomic E-state index is -0.227. The fraction of sp³-hybridized carbons (Fsp3) is 0.556. The van der Waals surface area contributed by atoms with Gasteiger partial charge in [-0.1, -0.05) is 54.8 Å². The zero-order valence-electron chi connectivity index (χ0n) is 13.6. The molecule has 1 N–H and O–H groups in total. The summed E-state index contributed by atoms with van der Waals surface area (Å²) < 4.78 is 0. The second kappa shape index (κ2) is 10.5. The van der Waals surface area contributed by atoms with Crippen molar-refractivity contribution in [3.8, 4) is 0 Å². The van der Waals surface area contributed by atoms with Crippen molar-refractivity contribution in [1.29, 1.82) is 0 Å². The molecule has 4 heteroatoms. The predicted molar refractivity (Wildman–Crippen MR) is 95.7 cm³/mol. The lowest BCUT2D eigenvalue weighted by molar-refractivity contribution is -0.123. The summed E-state index contributed by atoms with van der Waals surface area (Å²) in [6.07, 6.45) is 6.47. The summed E-state index contributed by atoms with van der Waals surface area (Å²) in [4.78, 5) is 23.4. The van der Waals surface area contributed by atoms with Gasteiger partial charge < -0.3 is 5.32 Å². The van der Waals surface area contributed by atoms with Crippen LogP contribution < -0.4 is 5.32 Å². The lowest BCUT2D eigenvalue weighted by Crippen LogP contribution is -2.18. The largest absolute Gasteiger partial charge is 0.325 e. The van der Waals surface area contributed by atoms with E-state index in [1.807, 2.05) is 12.1 Å². The highest BCUT2D eigenvalue weighted by molar-refractivity contribution is 9.09. The number of rotatable bonds is 10. The van der Waals surface area contributed by atoms with E-state index >= 15 is 0 Å². The molecule has 0 aromatic heterocycles. The number of nitrogens with one attached hydrogen (secondary N) is 1. The molecule has 0 saturated carbocycles. The molecule has 1 aromatic carbocycles. The van der Waals surface area contributed by atoms with Crippen LogP contribution in [0.25, 0.3) is 0 Å². The molecule has 0 radical (unpaired) electrons. The van der Waals surface area contributed by atoms with Gasteiger partial charge in [-0.2, -0.15) is 0 Å². The number of carbonyl (C=O) groups is 2. The van der Waals surface area contributed by atoms with E-state index in [2.05, 4.69) is 41.2 Å². The molecule has 0 atom stereocenters. The second-order valence-corrected chi connectivity index (χ2v) is 6.11. The number of ketones is 1. The van der Waals surface area contributed by atoms with Crippen molar-refractivity contribution in [1.82, 2.24) is 0 Å². The molecule has 1 aromatic rings. The molecular weight excluding hydrogens is 342 g/mol. The normalized spacial score (nSPS) is 10.5. The van der Waals surface area contributed by atoms with Gasteiger partial charge in [0.2, 0.25) is 5.91 Å². The first-order valence-electron chi connectivity index (χ1n) is 8.10. The number of Topliss-reactive ketones (excluding diaryl/α,β-unsaturated/α-hetero) is 1. The molecule has 0 saturated heterocycles. The maximum Gasteiger partial charge on any atom is 0.231 e. The van der Waals surface area contributed by atoms with Gasteiger partial charge in [-0.05, 0) is 42.9 Å². The Hall–Kier alpha value is -1.16. The maximum atomic E-state index is 12.0. The molecule has 22 heavy (non-hydrogen) atoms. The molecule has 0 aliphatic carbocycles. The van der Waals surface area contributed by atoms with E-state index in [1.54, 1.807) is 0 Å². The summed E-state index contributed by atoms with van der Waals surface area (Å²) in [6, 6.07) is 6.08. The quantitative estimate of drug-likeness (QED) is 0.482. The van der Waals surface area contributed by atoms with Crippen molar-refractivity contribution >= 4 is 33.3 Å². The maximum absolute atomic E-state index is 12.0. The third-order valence-electron chi connectivity index (χ3n) is 3.63. The lowest BCUT2D eigenvalue weighted by atomic mass is 9.96. The zero-order valence-corrected chi connectivity index (χ0v) is 15.2. The first-order valence-corrected chi connectivity index (χ1v) is 9.22. The zero-order chi connectivity index (χ0) is 16.4. The first-order chi connectivity index (χ1) is 10.6. The van der Waals surface area contributed by atoms with Gasteiger partial charge in [0.15, 0.2) is 5.78 Å². The Kier molecular flexibility index (Phi) is 9.05. The summed E-state index contributed by atoms with van der Waals surface area (Å²) >= 11 is 3.09. The van der Waals surface area contributed by atoms with Gasteiger partial charge in [0.25, 0.3) is 0 Å². The molecule has 0 bridgehead atoms. The van der Waals surface area contributed by atoms with Crippen LogP contribution in [0.2, 0.25) is 0 Å². The smallest absolute Gasteiger partial charge is 0.231 e. The van der Waals surface area contributed by atoms with Gasteiger partial charge >= 0.3 is 0 Å². The van der Waals surface area contributed by atoms with Crippen LogP contribution in [-0.4, -0.2) is 17.0 Å². The average molecular weight is 368 g/mol. The van der Waals surface area contributed by atoms with Gasteiger partial charge in [0.1, 0.15) is 0 Å². The van der Waals surface area contributed by atoms with Crippen molar-refractivity contribution in [3.05, 3.63) is 29.3 Å². The molecule has 0 aliphatic heterocycles. The third kappa shape index (κ3) is 6.30. The number of halogens is 1. The summed E-state index contributed by atoms with van der Waals surface area (Å²) in [6.45, 7) is 4.35. The van der Waals surface area contributed by atoms with Gasteiger partial charge in [0.05, 0.1) is 11.8 Å². The molecule has 0 spiro atoms. The molecule has 3 nitrogen and oxygen atoms in total. The summed E-state index contributed by atoms with van der Waals surface area (Å²) in [5.74, 6) is -0.329. The Bertz CT molecular complexity index is 500. The van der Waals surface area contributed by atoms with Crippen LogP contribution in [0, 0.1) is 0 Å². The van der Waals surface area contributed by atoms with Gasteiger partial charge in [-0.15, -0.1) is 0 Å². The van der Waals surface area contributed by atoms with Crippen molar-refractivity contribution in [2.45, 2.75) is 58.8 Å². The van der Waals surface area contributed by atoms with E-state index < -0.39 is 0 Å². The number of unbranched alkanes of at least 4 members (excludes halogenated alkanes) is 2. The van der Waals surface area contributed by atoms with Crippen molar-refractivity contribution in [2.24, 2.45) is 0 Å². The average Bonchev–Trinajstić information content (AvgIpc) is 2.51. The van der Waals surface area contributed by atoms with Crippen LogP contribution >= 0.6 is 15.9 Å². The van der Waals surface area contributed by atoms with Crippen LogP contribution in [0.15, 0.2) is 18.2 Å². The molecule has 1 amide bonds. The summed E-state index contributed by atoms with van der Waals surface area (Å²) in [7, 11) is 0. The van der Waals surface area contributed by atoms with E-state index in [-0.39, 0.29) is 23.4 Å².